The van der Waals surface area contributed by atoms with Crippen LogP contribution in [0.5, 0.6) is 0 Å². The zero-order valence-corrected chi connectivity index (χ0v) is 26.6. The molecule has 0 bridgehead atoms. The van der Waals surface area contributed by atoms with Gasteiger partial charge in [0, 0.05) is 44.2 Å². The lowest BCUT2D eigenvalue weighted by Gasteiger charge is -2.35. The third-order valence-corrected chi connectivity index (χ3v) is 9.51. The summed E-state index contributed by atoms with van der Waals surface area (Å²) < 4.78 is 5.90. The number of carbonyl (C=O) groups excluding carboxylic acids is 1. The van der Waals surface area contributed by atoms with Gasteiger partial charge in [-0.2, -0.15) is 0 Å². The number of piperazine rings is 1. The van der Waals surface area contributed by atoms with E-state index in [2.05, 4.69) is 79.3 Å². The van der Waals surface area contributed by atoms with E-state index in [9.17, 15) is 14.8 Å². The molecule has 42 heavy (non-hydrogen) atoms. The molecular formula is C34H41BN2O4Si. The molecule has 2 aliphatic rings. The number of carbonyl (C=O) groups is 1. The summed E-state index contributed by atoms with van der Waals surface area (Å²) in [4.78, 5) is 17.2. The van der Waals surface area contributed by atoms with Crippen molar-refractivity contribution in [1.29, 1.82) is 0 Å². The molecule has 3 aromatic carbocycles. The third kappa shape index (κ3) is 6.06. The summed E-state index contributed by atoms with van der Waals surface area (Å²) in [7, 11) is -3.17. The predicted octanol–water partition coefficient (Wildman–Crippen LogP) is 4.59. The van der Waals surface area contributed by atoms with Crippen LogP contribution in [0.25, 0.3) is 11.1 Å². The Morgan fingerprint density at radius 1 is 0.905 bits per heavy atom. The van der Waals surface area contributed by atoms with Crippen LogP contribution in [0.3, 0.4) is 0 Å². The highest BCUT2D eigenvalue weighted by Gasteiger charge is 2.31. The van der Waals surface area contributed by atoms with Crippen LogP contribution in [0.15, 0.2) is 48.5 Å². The van der Waals surface area contributed by atoms with Crippen molar-refractivity contribution in [3.63, 3.8) is 0 Å². The van der Waals surface area contributed by atoms with Crippen molar-refractivity contribution in [1.82, 2.24) is 9.80 Å². The molecule has 3 aromatic rings. The van der Waals surface area contributed by atoms with Crippen LogP contribution in [-0.2, 0) is 11.3 Å². The zero-order valence-electron chi connectivity index (χ0n) is 25.6. The first-order chi connectivity index (χ1) is 20.0. The molecule has 1 amide bonds. The van der Waals surface area contributed by atoms with E-state index >= 15 is 0 Å². The number of fused-ring (bicyclic) bond motifs is 3. The Balaban J connectivity index is 1.25. The van der Waals surface area contributed by atoms with E-state index in [-0.39, 0.29) is 12.0 Å². The van der Waals surface area contributed by atoms with Gasteiger partial charge in [-0.05, 0) is 70.7 Å². The third-order valence-electron chi connectivity index (χ3n) is 8.63. The molecule has 0 radical (unpaired) electrons. The van der Waals surface area contributed by atoms with Crippen molar-refractivity contribution in [2.45, 2.75) is 52.9 Å². The van der Waals surface area contributed by atoms with Crippen molar-refractivity contribution in [3.05, 3.63) is 87.5 Å². The maximum Gasteiger partial charge on any atom is 0.489 e. The fraction of sp³-hybridized carbons (Fsp3) is 0.382. The van der Waals surface area contributed by atoms with Gasteiger partial charge in [-0.1, -0.05) is 74.1 Å². The molecule has 0 saturated carbocycles. The minimum atomic E-state index is -1.62. The highest BCUT2D eigenvalue weighted by Crippen LogP contribution is 2.44. The van der Waals surface area contributed by atoms with Gasteiger partial charge >= 0.3 is 13.2 Å². The standard InChI is InChI=1S/C34H41BN2O4Si/c1-23-26(15-20-42(4,5)6)24(2)33(35(39)40)25(3)31(23)21-36-16-18-37(19-17-36)34(38)41-22-32-29-13-9-7-11-27(29)28-12-8-10-14-30(28)32/h7-14,32,39-40H,16-19,21-22H2,1-6H3. The predicted molar refractivity (Wildman–Crippen MR) is 173 cm³/mol. The summed E-state index contributed by atoms with van der Waals surface area (Å²) in [6, 6.07) is 16.7. The quantitative estimate of drug-likeness (QED) is 0.342. The molecule has 0 atom stereocenters. The number of amides is 1. The average molecular weight is 581 g/mol. The fourth-order valence-corrected chi connectivity index (χ4v) is 6.85. The van der Waals surface area contributed by atoms with Gasteiger partial charge in [-0.25, -0.2) is 4.79 Å². The molecule has 1 aliphatic heterocycles. The van der Waals surface area contributed by atoms with Crippen molar-refractivity contribution < 1.29 is 19.6 Å². The molecule has 1 saturated heterocycles. The topological polar surface area (TPSA) is 73.2 Å². The SMILES string of the molecule is Cc1c(C#C[Si](C)(C)C)c(C)c(B(O)O)c(C)c1CN1CCN(C(=O)OCC2c3ccccc3-c3ccccc32)CC1. The van der Waals surface area contributed by atoms with E-state index in [1.807, 2.05) is 26.0 Å². The summed E-state index contributed by atoms with van der Waals surface area (Å²) >= 11 is 0. The van der Waals surface area contributed by atoms with Gasteiger partial charge in [-0.15, -0.1) is 5.54 Å². The minimum Gasteiger partial charge on any atom is -0.448 e. The van der Waals surface area contributed by atoms with Crippen molar-refractivity contribution in [2.24, 2.45) is 0 Å². The Labute approximate surface area is 251 Å². The molecule has 1 aliphatic carbocycles. The van der Waals surface area contributed by atoms with E-state index in [0.717, 1.165) is 27.8 Å². The number of benzene rings is 3. The zero-order chi connectivity index (χ0) is 30.2. The van der Waals surface area contributed by atoms with Crippen LogP contribution in [0, 0.1) is 32.2 Å². The number of hydrogen-bond acceptors (Lipinski definition) is 5. The largest absolute Gasteiger partial charge is 0.489 e. The van der Waals surface area contributed by atoms with Gasteiger partial charge in [0.05, 0.1) is 0 Å². The normalized spacial score (nSPS) is 15.1. The first-order valence-corrected chi connectivity index (χ1v) is 18.3. The highest BCUT2D eigenvalue weighted by atomic mass is 28.3. The molecule has 8 heteroatoms. The summed E-state index contributed by atoms with van der Waals surface area (Å²) in [5, 5.41) is 20.5. The first kappa shape index (κ1) is 30.1. The first-order valence-electron chi connectivity index (χ1n) is 14.8. The Hall–Kier alpha value is -3.35. The van der Waals surface area contributed by atoms with Crippen molar-refractivity contribution in [2.75, 3.05) is 32.8 Å². The Bertz CT molecular complexity index is 1520. The Morgan fingerprint density at radius 3 is 2.02 bits per heavy atom. The van der Waals surface area contributed by atoms with Gasteiger partial charge in [0.1, 0.15) is 14.7 Å². The van der Waals surface area contributed by atoms with Crippen LogP contribution < -0.4 is 5.46 Å². The molecule has 1 fully saturated rings. The molecule has 0 spiro atoms. The van der Waals surface area contributed by atoms with Crippen LogP contribution in [0.1, 0.15) is 44.9 Å². The lowest BCUT2D eigenvalue weighted by molar-refractivity contribution is 0.0727. The number of rotatable bonds is 5. The molecule has 0 aromatic heterocycles. The van der Waals surface area contributed by atoms with Crippen LogP contribution in [0.2, 0.25) is 19.6 Å². The van der Waals surface area contributed by atoms with E-state index in [1.54, 1.807) is 4.90 Å². The summed E-state index contributed by atoms with van der Waals surface area (Å²) in [6.07, 6.45) is -0.270. The van der Waals surface area contributed by atoms with E-state index in [1.165, 1.54) is 22.3 Å². The summed E-state index contributed by atoms with van der Waals surface area (Å²) in [6.45, 7) is 16.2. The molecule has 2 N–H and O–H groups in total. The van der Waals surface area contributed by atoms with Gasteiger partial charge in [0.15, 0.2) is 0 Å². The molecule has 218 valence electrons. The van der Waals surface area contributed by atoms with E-state index < -0.39 is 15.2 Å². The summed E-state index contributed by atoms with van der Waals surface area (Å²) in [5.74, 6) is 3.44. The molecule has 0 unspecified atom stereocenters. The second kappa shape index (κ2) is 12.1. The van der Waals surface area contributed by atoms with Crippen molar-refractivity contribution >= 4 is 26.7 Å². The monoisotopic (exact) mass is 580 g/mol. The minimum absolute atomic E-state index is 0.0458. The van der Waals surface area contributed by atoms with E-state index in [0.29, 0.717) is 44.8 Å². The Kier molecular flexibility index (Phi) is 8.68. The maximum atomic E-state index is 13.1. The van der Waals surface area contributed by atoms with Gasteiger partial charge in [0.2, 0.25) is 0 Å². The maximum absolute atomic E-state index is 13.1. The second-order valence-electron chi connectivity index (χ2n) is 12.6. The van der Waals surface area contributed by atoms with Gasteiger partial charge in [-0.3, -0.25) is 4.90 Å². The highest BCUT2D eigenvalue weighted by molar-refractivity contribution is 6.83. The molecular weight excluding hydrogens is 539 g/mol. The lowest BCUT2D eigenvalue weighted by atomic mass is 9.70. The number of nitrogens with zero attached hydrogens (tertiary/aromatic N) is 2. The number of ether oxygens (including phenoxy) is 1. The fourth-order valence-electron chi connectivity index (χ4n) is 6.35. The van der Waals surface area contributed by atoms with Gasteiger partial charge in [0.25, 0.3) is 0 Å². The molecule has 5 rings (SSSR count). The van der Waals surface area contributed by atoms with E-state index in [4.69, 9.17) is 4.74 Å². The van der Waals surface area contributed by atoms with Crippen molar-refractivity contribution in [3.8, 4) is 22.6 Å². The smallest absolute Gasteiger partial charge is 0.448 e. The Morgan fingerprint density at radius 2 is 1.48 bits per heavy atom. The summed E-state index contributed by atoms with van der Waals surface area (Å²) in [5.41, 5.74) is 13.7. The lowest BCUT2D eigenvalue weighted by Crippen LogP contribution is -2.49. The average Bonchev–Trinajstić information content (AvgIpc) is 3.27. The van der Waals surface area contributed by atoms with Gasteiger partial charge < -0.3 is 19.7 Å². The van der Waals surface area contributed by atoms with Crippen LogP contribution in [0.4, 0.5) is 4.79 Å². The molecule has 6 nitrogen and oxygen atoms in total. The molecule has 1 heterocycles. The van der Waals surface area contributed by atoms with Crippen LogP contribution in [-0.4, -0.2) is 73.9 Å². The number of hydrogen-bond donors (Lipinski definition) is 2. The second-order valence-corrected chi connectivity index (χ2v) is 17.3. The van der Waals surface area contributed by atoms with Crippen LogP contribution >= 0.6 is 0 Å².